The topological polar surface area (TPSA) is 67.4 Å². The average Bonchev–Trinajstić information content (AvgIpc) is 2.44. The van der Waals surface area contributed by atoms with E-state index in [1.54, 1.807) is 0 Å². The third kappa shape index (κ3) is 4.64. The number of amides is 2. The van der Waals surface area contributed by atoms with Crippen LogP contribution in [0.1, 0.15) is 18.4 Å². The lowest BCUT2D eigenvalue weighted by atomic mass is 10.1. The molecule has 5 nitrogen and oxygen atoms in total. The van der Waals surface area contributed by atoms with E-state index >= 15 is 0 Å². The zero-order chi connectivity index (χ0) is 14.4. The summed E-state index contributed by atoms with van der Waals surface area (Å²) < 4.78 is 5.22. The van der Waals surface area contributed by atoms with Gasteiger partial charge in [0.15, 0.2) is 0 Å². The van der Waals surface area contributed by atoms with Crippen LogP contribution in [0.25, 0.3) is 0 Å². The molecule has 0 radical (unpaired) electrons. The van der Waals surface area contributed by atoms with Gasteiger partial charge in [-0.1, -0.05) is 12.1 Å². The van der Waals surface area contributed by atoms with Crippen LogP contribution in [0.4, 0.5) is 5.69 Å². The number of imide groups is 1. The fourth-order valence-electron chi connectivity index (χ4n) is 1.99. The minimum absolute atomic E-state index is 0.198. The second kappa shape index (κ2) is 7.84. The van der Waals surface area contributed by atoms with Crippen molar-refractivity contribution in [1.29, 1.82) is 0 Å². The highest BCUT2D eigenvalue weighted by Crippen LogP contribution is 2.16. The number of halogens is 1. The molecule has 0 aromatic heterocycles. The smallest absolute Gasteiger partial charge is 0.249 e. The van der Waals surface area contributed by atoms with E-state index in [4.69, 9.17) is 4.18 Å². The van der Waals surface area contributed by atoms with E-state index in [2.05, 4.69) is 31.8 Å². The highest BCUT2D eigenvalue weighted by molar-refractivity contribution is 14.2. The molecule has 0 saturated carbocycles. The predicted octanol–water partition coefficient (Wildman–Crippen LogP) is 2.46. The maximum absolute atomic E-state index is 11.6. The van der Waals surface area contributed by atoms with Gasteiger partial charge in [0.05, 0.1) is 15.8 Å². The van der Waals surface area contributed by atoms with Crippen LogP contribution in [0.15, 0.2) is 24.3 Å². The third-order valence-electron chi connectivity index (χ3n) is 3.05. The number of nitrogens with one attached hydrogen (secondary N) is 2. The average molecular weight is 406 g/mol. The SMILES string of the molecule is O=C1CCC(Nc2ccc(CCOSI)cc2)C(=O)N1. The Hall–Kier alpha value is -0.800. The largest absolute Gasteiger partial charge is 0.374 e. The van der Waals surface area contributed by atoms with Gasteiger partial charge in [-0.2, -0.15) is 0 Å². The zero-order valence-corrected chi connectivity index (χ0v) is 13.7. The number of piperidine rings is 1. The van der Waals surface area contributed by atoms with Crippen molar-refractivity contribution in [1.82, 2.24) is 5.32 Å². The lowest BCUT2D eigenvalue weighted by Crippen LogP contribution is -2.47. The third-order valence-corrected chi connectivity index (χ3v) is 4.07. The van der Waals surface area contributed by atoms with Gasteiger partial charge < -0.3 is 9.50 Å². The van der Waals surface area contributed by atoms with Gasteiger partial charge in [0.25, 0.3) is 0 Å². The Kier molecular flexibility index (Phi) is 6.11. The van der Waals surface area contributed by atoms with Crippen LogP contribution in [0, 0.1) is 0 Å². The lowest BCUT2D eigenvalue weighted by molar-refractivity contribution is -0.133. The summed E-state index contributed by atoms with van der Waals surface area (Å²) in [5.41, 5.74) is 2.07. The Balaban J connectivity index is 1.87. The number of carbonyl (C=O) groups is 2. The Bertz CT molecular complexity index is 481. The molecule has 1 heterocycles. The van der Waals surface area contributed by atoms with Crippen molar-refractivity contribution in [2.75, 3.05) is 11.9 Å². The normalized spacial score (nSPS) is 18.8. The van der Waals surface area contributed by atoms with Crippen LogP contribution in [-0.2, 0) is 20.2 Å². The zero-order valence-electron chi connectivity index (χ0n) is 10.7. The minimum Gasteiger partial charge on any atom is -0.374 e. The molecule has 2 N–H and O–H groups in total. The van der Waals surface area contributed by atoms with Gasteiger partial charge in [-0.25, -0.2) is 0 Å². The Labute approximate surface area is 134 Å². The molecule has 0 bridgehead atoms. The van der Waals surface area contributed by atoms with Crippen LogP contribution in [0.2, 0.25) is 0 Å². The van der Waals surface area contributed by atoms with Gasteiger partial charge in [0.2, 0.25) is 11.8 Å². The molecule has 1 aromatic carbocycles. The summed E-state index contributed by atoms with van der Waals surface area (Å²) in [6, 6.07) is 7.56. The fourth-order valence-corrected chi connectivity index (χ4v) is 2.68. The van der Waals surface area contributed by atoms with Crippen molar-refractivity contribution in [2.45, 2.75) is 25.3 Å². The molecular formula is C13H15IN2O3S. The van der Waals surface area contributed by atoms with Crippen LogP contribution < -0.4 is 10.6 Å². The van der Waals surface area contributed by atoms with E-state index < -0.39 is 0 Å². The second-order valence-electron chi connectivity index (χ2n) is 4.48. The summed E-state index contributed by atoms with van der Waals surface area (Å²) in [5, 5.41) is 5.48. The maximum atomic E-state index is 11.6. The van der Waals surface area contributed by atoms with Gasteiger partial charge >= 0.3 is 0 Å². The number of benzene rings is 1. The first-order chi connectivity index (χ1) is 9.69. The molecule has 1 atom stereocenters. The number of hydrogen-bond donors (Lipinski definition) is 2. The van der Waals surface area contributed by atoms with Crippen LogP contribution in [0.3, 0.4) is 0 Å². The first-order valence-corrected chi connectivity index (χ1v) is 9.57. The summed E-state index contributed by atoms with van der Waals surface area (Å²) in [6.07, 6.45) is 1.77. The molecule has 1 aliphatic rings. The quantitative estimate of drug-likeness (QED) is 0.329. The van der Waals surface area contributed by atoms with Crippen molar-refractivity contribution in [3.8, 4) is 0 Å². The molecule has 2 amide bonds. The van der Waals surface area contributed by atoms with Crippen LogP contribution in [-0.4, -0.2) is 24.5 Å². The molecule has 7 heteroatoms. The molecule has 1 unspecified atom stereocenters. The molecule has 1 saturated heterocycles. The van der Waals surface area contributed by atoms with Crippen molar-refractivity contribution in [2.24, 2.45) is 0 Å². The van der Waals surface area contributed by atoms with Gasteiger partial charge in [-0.15, -0.1) is 0 Å². The van der Waals surface area contributed by atoms with Crippen molar-refractivity contribution >= 4 is 47.9 Å². The second-order valence-corrected chi connectivity index (χ2v) is 5.92. The number of carbonyl (C=O) groups excluding carboxylic acids is 2. The van der Waals surface area contributed by atoms with E-state index in [9.17, 15) is 9.59 Å². The van der Waals surface area contributed by atoms with Gasteiger partial charge in [-0.3, -0.25) is 14.9 Å². The molecule has 0 spiro atoms. The van der Waals surface area contributed by atoms with Crippen molar-refractivity contribution < 1.29 is 13.8 Å². The summed E-state index contributed by atoms with van der Waals surface area (Å²) in [7, 11) is 1.33. The summed E-state index contributed by atoms with van der Waals surface area (Å²) in [4.78, 5) is 22.7. The molecule has 108 valence electrons. The summed E-state index contributed by atoms with van der Waals surface area (Å²) in [6.45, 7) is 0.674. The Morgan fingerprint density at radius 3 is 2.75 bits per heavy atom. The van der Waals surface area contributed by atoms with Crippen molar-refractivity contribution in [3.63, 3.8) is 0 Å². The number of rotatable bonds is 6. The van der Waals surface area contributed by atoms with E-state index in [1.807, 2.05) is 24.3 Å². The summed E-state index contributed by atoms with van der Waals surface area (Å²) in [5.74, 6) is -0.450. The highest BCUT2D eigenvalue weighted by atomic mass is 127. The molecular weight excluding hydrogens is 391 g/mol. The monoisotopic (exact) mass is 406 g/mol. The maximum Gasteiger partial charge on any atom is 0.249 e. The molecule has 2 rings (SSSR count). The molecule has 20 heavy (non-hydrogen) atoms. The lowest BCUT2D eigenvalue weighted by Gasteiger charge is -2.22. The fraction of sp³-hybridized carbons (Fsp3) is 0.385. The van der Waals surface area contributed by atoms with Gasteiger partial charge in [-0.05, 0) is 30.5 Å². The van der Waals surface area contributed by atoms with E-state index in [-0.39, 0.29) is 17.9 Å². The first kappa shape index (κ1) is 15.6. The van der Waals surface area contributed by atoms with E-state index in [0.29, 0.717) is 19.4 Å². The Morgan fingerprint density at radius 1 is 1.35 bits per heavy atom. The number of anilines is 1. The van der Waals surface area contributed by atoms with Gasteiger partial charge in [0.1, 0.15) is 6.04 Å². The highest BCUT2D eigenvalue weighted by Gasteiger charge is 2.26. The molecule has 1 aromatic rings. The standard InChI is InChI=1S/C13H15IN2O3S/c14-20-19-8-7-9-1-3-10(4-2-9)15-11-5-6-12(17)16-13(11)18/h1-4,11,15H,5-8H2,(H,16,17,18). The van der Waals surface area contributed by atoms with E-state index in [0.717, 1.165) is 12.1 Å². The first-order valence-electron chi connectivity index (χ1n) is 6.28. The molecule has 1 fully saturated rings. The van der Waals surface area contributed by atoms with E-state index in [1.165, 1.54) is 14.8 Å². The van der Waals surface area contributed by atoms with Crippen LogP contribution in [0.5, 0.6) is 0 Å². The number of hydrogen-bond acceptors (Lipinski definition) is 5. The van der Waals surface area contributed by atoms with Gasteiger partial charge in [0, 0.05) is 33.3 Å². The summed E-state index contributed by atoms with van der Waals surface area (Å²) >= 11 is 2.09. The molecule has 1 aliphatic heterocycles. The molecule has 0 aliphatic carbocycles. The minimum atomic E-state index is -0.336. The Morgan fingerprint density at radius 2 is 2.10 bits per heavy atom. The van der Waals surface area contributed by atoms with Crippen molar-refractivity contribution in [3.05, 3.63) is 29.8 Å². The predicted molar refractivity (Wildman–Crippen MR) is 87.5 cm³/mol. The van der Waals surface area contributed by atoms with Crippen LogP contribution >= 0.6 is 30.4 Å².